The van der Waals surface area contributed by atoms with Crippen LogP contribution >= 0.6 is 23.2 Å². The van der Waals surface area contributed by atoms with Crippen molar-refractivity contribution in [3.8, 4) is 11.5 Å². The van der Waals surface area contributed by atoms with E-state index >= 15 is 0 Å². The van der Waals surface area contributed by atoms with Crippen molar-refractivity contribution >= 4 is 40.9 Å². The largest absolute Gasteiger partial charge is 0.484 e. The minimum Gasteiger partial charge on any atom is -0.484 e. The Morgan fingerprint density at radius 3 is 2.59 bits per heavy atom. The van der Waals surface area contributed by atoms with Crippen LogP contribution in [0, 0.1) is 5.82 Å². The topological polar surface area (TPSA) is 126 Å². The number of halogens is 3. The molecule has 0 spiro atoms. The molecule has 4 aliphatic rings. The van der Waals surface area contributed by atoms with Crippen molar-refractivity contribution in [2.45, 2.75) is 55.5 Å². The lowest BCUT2D eigenvalue weighted by molar-refractivity contribution is -0.148. The van der Waals surface area contributed by atoms with Crippen molar-refractivity contribution in [3.05, 3.63) is 57.8 Å². The number of ether oxygens (including phenoxy) is 2. The molecule has 2 atom stereocenters. The Labute approximate surface area is 221 Å². The number of hydrogen-bond acceptors (Lipinski definition) is 6. The number of nitrogens with one attached hydrogen (secondary N) is 3. The first kappa shape index (κ1) is 25.6. The number of aliphatic hydroxyl groups excluding tert-OH is 1. The SMILES string of the molecule is O=C(COc1ccc(Cl)c(F)c1)NC12CCC(NC(=O)[C@H]3C[C@@H](O)c4cc(Cl)ccc4O3)(CC1)NC2=O. The van der Waals surface area contributed by atoms with E-state index in [-0.39, 0.29) is 17.2 Å². The standard InChI is InChI=1S/C25H24Cl2FN3O6/c26-13-1-4-19-15(9-13)18(32)11-20(37-19)22(34)30-25-7-5-24(6-8-25,23(35)31-25)29-21(33)12-36-14-2-3-16(27)17(28)10-14/h1-4,9-10,18,20,32H,5-8,11-12H2,(H,29,33)(H,30,34)(H,31,35)/t18-,20-,24?,25?/m1/s1. The van der Waals surface area contributed by atoms with Gasteiger partial charge in [0.2, 0.25) is 5.91 Å². The molecule has 3 amide bonds. The highest BCUT2D eigenvalue weighted by Crippen LogP contribution is 2.40. The third kappa shape index (κ3) is 5.05. The molecule has 3 fully saturated rings. The molecule has 3 aliphatic heterocycles. The molecular weight excluding hydrogens is 528 g/mol. The van der Waals surface area contributed by atoms with Gasteiger partial charge < -0.3 is 30.5 Å². The maximum Gasteiger partial charge on any atom is 0.262 e. The molecule has 2 bridgehead atoms. The van der Waals surface area contributed by atoms with Crippen LogP contribution in [0.15, 0.2) is 36.4 Å². The third-order valence-electron chi connectivity index (χ3n) is 7.08. The molecule has 0 aromatic heterocycles. The quantitative estimate of drug-likeness (QED) is 0.437. The number of carbonyl (C=O) groups is 3. The second-order valence-corrected chi connectivity index (χ2v) is 10.4. The van der Waals surface area contributed by atoms with Gasteiger partial charge in [-0.15, -0.1) is 0 Å². The summed E-state index contributed by atoms with van der Waals surface area (Å²) in [6.07, 6.45) is -0.451. The normalized spacial score (nSPS) is 27.9. The van der Waals surface area contributed by atoms with Crippen LogP contribution in [-0.2, 0) is 14.4 Å². The number of fused-ring (bicyclic) bond motifs is 4. The van der Waals surface area contributed by atoms with E-state index in [9.17, 15) is 23.9 Å². The molecule has 2 aromatic rings. The molecule has 4 N–H and O–H groups in total. The predicted octanol–water partition coefficient (Wildman–Crippen LogP) is 2.77. The van der Waals surface area contributed by atoms with Gasteiger partial charge in [0.1, 0.15) is 28.5 Å². The molecule has 37 heavy (non-hydrogen) atoms. The Morgan fingerprint density at radius 1 is 1.14 bits per heavy atom. The van der Waals surface area contributed by atoms with Crippen LogP contribution in [0.5, 0.6) is 11.5 Å². The molecule has 12 heteroatoms. The van der Waals surface area contributed by atoms with Crippen LogP contribution in [0.3, 0.4) is 0 Å². The van der Waals surface area contributed by atoms with Gasteiger partial charge in [-0.25, -0.2) is 4.39 Å². The Bertz CT molecular complexity index is 1270. The summed E-state index contributed by atoms with van der Waals surface area (Å²) >= 11 is 11.6. The van der Waals surface area contributed by atoms with Gasteiger partial charge in [-0.2, -0.15) is 0 Å². The zero-order chi connectivity index (χ0) is 26.4. The number of piperidine rings is 2. The molecule has 6 rings (SSSR count). The number of rotatable bonds is 6. The van der Waals surface area contributed by atoms with Crippen molar-refractivity contribution in [2.24, 2.45) is 0 Å². The number of benzene rings is 2. The maximum absolute atomic E-state index is 13.6. The smallest absolute Gasteiger partial charge is 0.262 e. The van der Waals surface area contributed by atoms with E-state index in [4.69, 9.17) is 32.7 Å². The van der Waals surface area contributed by atoms with Crippen LogP contribution < -0.4 is 25.4 Å². The van der Waals surface area contributed by atoms with Crippen LogP contribution in [0.1, 0.15) is 43.8 Å². The average molecular weight is 552 g/mol. The van der Waals surface area contributed by atoms with E-state index in [1.807, 2.05) is 0 Å². The highest BCUT2D eigenvalue weighted by molar-refractivity contribution is 6.31. The molecule has 1 aliphatic carbocycles. The summed E-state index contributed by atoms with van der Waals surface area (Å²) in [5.74, 6) is -1.57. The highest BCUT2D eigenvalue weighted by Gasteiger charge is 2.56. The Morgan fingerprint density at radius 2 is 1.89 bits per heavy atom. The minimum absolute atomic E-state index is 0.0424. The molecule has 196 valence electrons. The van der Waals surface area contributed by atoms with Crippen molar-refractivity contribution in [2.75, 3.05) is 6.61 Å². The van der Waals surface area contributed by atoms with Gasteiger partial charge in [-0.1, -0.05) is 23.2 Å². The lowest BCUT2D eigenvalue weighted by Crippen LogP contribution is -2.77. The summed E-state index contributed by atoms with van der Waals surface area (Å²) in [5.41, 5.74) is -1.59. The first-order valence-electron chi connectivity index (χ1n) is 11.8. The zero-order valence-electron chi connectivity index (χ0n) is 19.5. The van der Waals surface area contributed by atoms with Crippen molar-refractivity contribution in [1.82, 2.24) is 16.0 Å². The second kappa shape index (κ2) is 9.66. The third-order valence-corrected chi connectivity index (χ3v) is 7.62. The van der Waals surface area contributed by atoms with Crippen molar-refractivity contribution < 1.29 is 33.4 Å². The van der Waals surface area contributed by atoms with E-state index in [0.717, 1.165) is 6.07 Å². The average Bonchev–Trinajstić information content (AvgIpc) is 2.86. The fraction of sp³-hybridized carbons (Fsp3) is 0.400. The minimum atomic E-state index is -1.13. The summed E-state index contributed by atoms with van der Waals surface area (Å²) < 4.78 is 24.7. The fourth-order valence-electron chi connectivity index (χ4n) is 5.04. The van der Waals surface area contributed by atoms with Gasteiger partial charge in [-0.05, 0) is 56.0 Å². The van der Waals surface area contributed by atoms with Gasteiger partial charge >= 0.3 is 0 Å². The van der Waals surface area contributed by atoms with Gasteiger partial charge in [0.15, 0.2) is 12.7 Å². The van der Waals surface area contributed by atoms with Crippen molar-refractivity contribution in [3.63, 3.8) is 0 Å². The van der Waals surface area contributed by atoms with Gasteiger partial charge in [0, 0.05) is 23.1 Å². The van der Waals surface area contributed by atoms with Gasteiger partial charge in [0.05, 0.1) is 11.1 Å². The molecule has 3 heterocycles. The van der Waals surface area contributed by atoms with Gasteiger partial charge in [0.25, 0.3) is 11.8 Å². The molecule has 9 nitrogen and oxygen atoms in total. The first-order valence-corrected chi connectivity index (χ1v) is 12.5. The Kier molecular flexibility index (Phi) is 6.68. The highest BCUT2D eigenvalue weighted by atomic mass is 35.5. The summed E-state index contributed by atoms with van der Waals surface area (Å²) in [6, 6.07) is 8.64. The van der Waals surface area contributed by atoms with E-state index in [1.54, 1.807) is 18.2 Å². The second-order valence-electron chi connectivity index (χ2n) is 9.56. The predicted molar refractivity (Wildman–Crippen MR) is 131 cm³/mol. The molecule has 0 unspecified atom stereocenters. The van der Waals surface area contributed by atoms with Crippen LogP contribution in [0.2, 0.25) is 10.0 Å². The maximum atomic E-state index is 13.6. The fourth-order valence-corrected chi connectivity index (χ4v) is 5.34. The monoisotopic (exact) mass is 551 g/mol. The zero-order valence-corrected chi connectivity index (χ0v) is 21.0. The summed E-state index contributed by atoms with van der Waals surface area (Å²) in [7, 11) is 0. The van der Waals surface area contributed by atoms with Gasteiger partial charge in [-0.3, -0.25) is 14.4 Å². The van der Waals surface area contributed by atoms with Crippen LogP contribution in [0.4, 0.5) is 4.39 Å². The Hall–Kier alpha value is -3.08. The number of hydrogen-bond donors (Lipinski definition) is 4. The molecule has 1 saturated carbocycles. The molecule has 2 aromatic carbocycles. The molecule has 2 saturated heterocycles. The molecule has 0 radical (unpaired) electrons. The van der Waals surface area contributed by atoms with Crippen LogP contribution in [0.25, 0.3) is 0 Å². The van der Waals surface area contributed by atoms with E-state index < -0.39 is 53.6 Å². The Balaban J connectivity index is 1.18. The van der Waals surface area contributed by atoms with E-state index in [1.165, 1.54) is 12.1 Å². The van der Waals surface area contributed by atoms with E-state index in [0.29, 0.717) is 42.0 Å². The lowest BCUT2D eigenvalue weighted by atomic mass is 9.70. The van der Waals surface area contributed by atoms with Crippen molar-refractivity contribution in [1.29, 1.82) is 0 Å². The summed E-state index contributed by atoms with van der Waals surface area (Å²) in [6.45, 7) is -0.411. The summed E-state index contributed by atoms with van der Waals surface area (Å²) in [5, 5.41) is 19.4. The number of aliphatic hydroxyl groups is 1. The first-order chi connectivity index (χ1) is 17.6. The van der Waals surface area contributed by atoms with Crippen LogP contribution in [-0.4, -0.2) is 46.7 Å². The number of amides is 3. The van der Waals surface area contributed by atoms with E-state index in [2.05, 4.69) is 16.0 Å². The summed E-state index contributed by atoms with van der Waals surface area (Å²) in [4.78, 5) is 38.6. The number of carbonyl (C=O) groups excluding carboxylic acids is 3. The lowest BCUT2D eigenvalue weighted by Gasteiger charge is -2.53. The molecular formula is C25H24Cl2FN3O6.